The fourth-order valence-corrected chi connectivity index (χ4v) is 3.41. The van der Waals surface area contributed by atoms with Crippen molar-refractivity contribution >= 4 is 17.4 Å². The maximum absolute atomic E-state index is 12.4. The minimum atomic E-state index is -0.135. The zero-order valence-corrected chi connectivity index (χ0v) is 14.2. The summed E-state index contributed by atoms with van der Waals surface area (Å²) in [6.07, 6.45) is 1.00. The SMILES string of the molecule is O=C(Nc1ccccc1N1CCOCC1)N[C@H]1C[C@H]1c1ccccc1. The predicted octanol–water partition coefficient (Wildman–Crippen LogP) is 3.20. The van der Waals surface area contributed by atoms with Crippen molar-refractivity contribution in [3.63, 3.8) is 0 Å². The van der Waals surface area contributed by atoms with Gasteiger partial charge in [-0.25, -0.2) is 4.79 Å². The first kappa shape index (κ1) is 16.0. The summed E-state index contributed by atoms with van der Waals surface area (Å²) in [6, 6.07) is 18.4. The summed E-state index contributed by atoms with van der Waals surface area (Å²) in [5.74, 6) is 0.432. The van der Waals surface area contributed by atoms with E-state index in [2.05, 4.69) is 27.7 Å². The topological polar surface area (TPSA) is 53.6 Å². The van der Waals surface area contributed by atoms with Crippen molar-refractivity contribution in [1.82, 2.24) is 5.32 Å². The van der Waals surface area contributed by atoms with Gasteiger partial charge in [-0.15, -0.1) is 0 Å². The van der Waals surface area contributed by atoms with Crippen molar-refractivity contribution in [2.75, 3.05) is 36.5 Å². The van der Waals surface area contributed by atoms with Crippen LogP contribution < -0.4 is 15.5 Å². The van der Waals surface area contributed by atoms with Gasteiger partial charge in [0, 0.05) is 25.0 Å². The third-order valence-corrected chi connectivity index (χ3v) is 4.84. The number of ether oxygens (including phenoxy) is 1. The molecule has 1 aliphatic carbocycles. The molecule has 25 heavy (non-hydrogen) atoms. The molecule has 4 rings (SSSR count). The number of urea groups is 1. The maximum Gasteiger partial charge on any atom is 0.319 e. The highest BCUT2D eigenvalue weighted by Crippen LogP contribution is 2.40. The number of nitrogens with one attached hydrogen (secondary N) is 2. The number of benzene rings is 2. The molecule has 1 heterocycles. The van der Waals surface area contributed by atoms with Crippen LogP contribution in [0.5, 0.6) is 0 Å². The smallest absolute Gasteiger partial charge is 0.319 e. The van der Waals surface area contributed by atoms with Crippen molar-refractivity contribution in [3.8, 4) is 0 Å². The van der Waals surface area contributed by atoms with Crippen LogP contribution in [0.2, 0.25) is 0 Å². The van der Waals surface area contributed by atoms with Gasteiger partial charge in [0.1, 0.15) is 0 Å². The number of amides is 2. The average molecular weight is 337 g/mol. The van der Waals surface area contributed by atoms with Crippen LogP contribution in [0, 0.1) is 0 Å². The number of hydrogen-bond acceptors (Lipinski definition) is 3. The molecule has 0 bridgehead atoms. The molecular weight excluding hydrogens is 314 g/mol. The standard InChI is InChI=1S/C20H23N3O2/c24-20(22-18-14-16(18)15-6-2-1-3-7-15)21-17-8-4-5-9-19(17)23-10-12-25-13-11-23/h1-9,16,18H,10-14H2,(H2,21,22,24)/t16-,18-/m0/s1. The minimum Gasteiger partial charge on any atom is -0.378 e. The molecule has 1 aliphatic heterocycles. The number of para-hydroxylation sites is 2. The molecule has 2 amide bonds. The lowest BCUT2D eigenvalue weighted by Gasteiger charge is -2.30. The Morgan fingerprint density at radius 3 is 2.52 bits per heavy atom. The summed E-state index contributed by atoms with van der Waals surface area (Å²) < 4.78 is 5.42. The molecule has 5 nitrogen and oxygen atoms in total. The molecule has 0 radical (unpaired) electrons. The van der Waals surface area contributed by atoms with E-state index in [1.165, 1.54) is 5.56 Å². The third kappa shape index (κ3) is 3.77. The molecule has 1 saturated heterocycles. The summed E-state index contributed by atoms with van der Waals surface area (Å²) in [5.41, 5.74) is 3.19. The summed E-state index contributed by atoms with van der Waals surface area (Å²) in [6.45, 7) is 3.14. The van der Waals surface area contributed by atoms with Crippen LogP contribution in [0.1, 0.15) is 17.9 Å². The van der Waals surface area contributed by atoms with Crippen LogP contribution in [-0.4, -0.2) is 38.4 Å². The molecule has 0 aromatic heterocycles. The van der Waals surface area contributed by atoms with E-state index in [4.69, 9.17) is 4.74 Å². The van der Waals surface area contributed by atoms with Crippen molar-refractivity contribution in [2.45, 2.75) is 18.4 Å². The van der Waals surface area contributed by atoms with E-state index in [0.717, 1.165) is 44.1 Å². The number of carbonyl (C=O) groups excluding carboxylic acids is 1. The van der Waals surface area contributed by atoms with Gasteiger partial charge in [-0.3, -0.25) is 0 Å². The maximum atomic E-state index is 12.4. The number of rotatable bonds is 4. The van der Waals surface area contributed by atoms with Gasteiger partial charge in [-0.1, -0.05) is 42.5 Å². The molecule has 0 spiro atoms. The molecule has 2 fully saturated rings. The Morgan fingerprint density at radius 2 is 1.72 bits per heavy atom. The second kappa shape index (κ2) is 7.15. The molecule has 2 aromatic rings. The van der Waals surface area contributed by atoms with Crippen LogP contribution in [0.25, 0.3) is 0 Å². The number of anilines is 2. The van der Waals surface area contributed by atoms with E-state index in [1.54, 1.807) is 0 Å². The molecule has 2 aromatic carbocycles. The molecular formula is C20H23N3O2. The first-order valence-electron chi connectivity index (χ1n) is 8.85. The molecule has 5 heteroatoms. The Kier molecular flexibility index (Phi) is 4.57. The van der Waals surface area contributed by atoms with Crippen LogP contribution in [0.3, 0.4) is 0 Å². The highest BCUT2D eigenvalue weighted by atomic mass is 16.5. The molecule has 2 N–H and O–H groups in total. The number of hydrogen-bond donors (Lipinski definition) is 2. The highest BCUT2D eigenvalue weighted by molar-refractivity contribution is 5.93. The first-order valence-corrected chi connectivity index (χ1v) is 8.85. The van der Waals surface area contributed by atoms with Crippen molar-refractivity contribution in [1.29, 1.82) is 0 Å². The highest BCUT2D eigenvalue weighted by Gasteiger charge is 2.39. The van der Waals surface area contributed by atoms with Crippen LogP contribution >= 0.6 is 0 Å². The van der Waals surface area contributed by atoms with Gasteiger partial charge >= 0.3 is 6.03 Å². The number of morpholine rings is 1. The second-order valence-corrected chi connectivity index (χ2v) is 6.57. The van der Waals surface area contributed by atoms with Crippen LogP contribution in [0.4, 0.5) is 16.2 Å². The van der Waals surface area contributed by atoms with Crippen LogP contribution in [-0.2, 0) is 4.74 Å². The van der Waals surface area contributed by atoms with E-state index in [9.17, 15) is 4.79 Å². The fourth-order valence-electron chi connectivity index (χ4n) is 3.41. The van der Waals surface area contributed by atoms with Crippen molar-refractivity contribution in [3.05, 3.63) is 60.2 Å². The second-order valence-electron chi connectivity index (χ2n) is 6.57. The Hall–Kier alpha value is -2.53. The Bertz CT molecular complexity index is 729. The summed E-state index contributed by atoms with van der Waals surface area (Å²) in [4.78, 5) is 14.7. The van der Waals surface area contributed by atoms with Crippen LogP contribution in [0.15, 0.2) is 54.6 Å². The minimum absolute atomic E-state index is 0.135. The quantitative estimate of drug-likeness (QED) is 0.901. The van der Waals surface area contributed by atoms with Gasteiger partial charge in [0.05, 0.1) is 24.6 Å². The summed E-state index contributed by atoms with van der Waals surface area (Å²) >= 11 is 0. The Balaban J connectivity index is 1.37. The van der Waals surface area contributed by atoms with E-state index in [0.29, 0.717) is 5.92 Å². The van der Waals surface area contributed by atoms with Gasteiger partial charge in [0.25, 0.3) is 0 Å². The lowest BCUT2D eigenvalue weighted by Crippen LogP contribution is -2.37. The molecule has 0 unspecified atom stereocenters. The molecule has 2 aliphatic rings. The molecule has 130 valence electrons. The lowest BCUT2D eigenvalue weighted by molar-refractivity contribution is 0.123. The Morgan fingerprint density at radius 1 is 1.00 bits per heavy atom. The summed E-state index contributed by atoms with van der Waals surface area (Å²) in [7, 11) is 0. The largest absolute Gasteiger partial charge is 0.378 e. The van der Waals surface area contributed by atoms with Gasteiger partial charge in [-0.2, -0.15) is 0 Å². The third-order valence-electron chi connectivity index (χ3n) is 4.84. The van der Waals surface area contributed by atoms with E-state index in [-0.39, 0.29) is 12.1 Å². The number of carbonyl (C=O) groups is 1. The summed E-state index contributed by atoms with van der Waals surface area (Å²) in [5, 5.41) is 6.11. The molecule has 1 saturated carbocycles. The predicted molar refractivity (Wildman–Crippen MR) is 99.2 cm³/mol. The Labute approximate surface area is 148 Å². The van der Waals surface area contributed by atoms with Gasteiger partial charge in [-0.05, 0) is 24.1 Å². The monoisotopic (exact) mass is 337 g/mol. The van der Waals surface area contributed by atoms with Gasteiger partial charge in [0.2, 0.25) is 0 Å². The van der Waals surface area contributed by atoms with E-state index < -0.39 is 0 Å². The first-order chi connectivity index (χ1) is 12.3. The van der Waals surface area contributed by atoms with Crippen molar-refractivity contribution in [2.24, 2.45) is 0 Å². The zero-order chi connectivity index (χ0) is 17.1. The van der Waals surface area contributed by atoms with Gasteiger partial charge in [0.15, 0.2) is 0 Å². The normalized spacial score (nSPS) is 22.3. The van der Waals surface area contributed by atoms with Crippen molar-refractivity contribution < 1.29 is 9.53 Å². The lowest BCUT2D eigenvalue weighted by atomic mass is 10.1. The van der Waals surface area contributed by atoms with E-state index in [1.807, 2.05) is 42.5 Å². The number of nitrogens with zero attached hydrogens (tertiary/aromatic N) is 1. The fraction of sp³-hybridized carbons (Fsp3) is 0.350. The molecule has 2 atom stereocenters. The average Bonchev–Trinajstić information content (AvgIpc) is 3.42. The zero-order valence-electron chi connectivity index (χ0n) is 14.2. The van der Waals surface area contributed by atoms with E-state index >= 15 is 0 Å². The van der Waals surface area contributed by atoms with Gasteiger partial charge < -0.3 is 20.3 Å².